The molecule has 32 heavy (non-hydrogen) atoms. The Hall–Kier alpha value is -1.84. The second-order valence-corrected chi connectivity index (χ2v) is 10.6. The number of esters is 1. The van der Waals surface area contributed by atoms with E-state index >= 15 is 0 Å². The molecule has 172 valence electrons. The first-order valence-corrected chi connectivity index (χ1v) is 12.5. The molecule has 7 nitrogen and oxygen atoms in total. The maximum atomic E-state index is 12.9. The van der Waals surface area contributed by atoms with Gasteiger partial charge in [0.05, 0.1) is 45.1 Å². The number of benzene rings is 2. The summed E-state index contributed by atoms with van der Waals surface area (Å²) < 4.78 is 31.9. The molecule has 0 bridgehead atoms. The Morgan fingerprint density at radius 1 is 1.09 bits per heavy atom. The van der Waals surface area contributed by atoms with Crippen molar-refractivity contribution >= 4 is 62.4 Å². The van der Waals surface area contributed by atoms with Gasteiger partial charge in [0.2, 0.25) is 15.9 Å². The van der Waals surface area contributed by atoms with Gasteiger partial charge >= 0.3 is 5.97 Å². The zero-order valence-corrected chi connectivity index (χ0v) is 20.2. The lowest BCUT2D eigenvalue weighted by molar-refractivity contribution is -0.120. The summed E-state index contributed by atoms with van der Waals surface area (Å²) >= 11 is 18.0. The highest BCUT2D eigenvalue weighted by Crippen LogP contribution is 2.28. The molecule has 1 aliphatic heterocycles. The van der Waals surface area contributed by atoms with E-state index in [2.05, 4.69) is 10.1 Å². The number of rotatable bonds is 6. The molecular formula is C21H21Cl3N2O5S. The molecule has 1 aliphatic rings. The molecule has 1 saturated heterocycles. The smallest absolute Gasteiger partial charge is 0.337 e. The predicted molar refractivity (Wildman–Crippen MR) is 125 cm³/mol. The highest BCUT2D eigenvalue weighted by molar-refractivity contribution is 7.88. The topological polar surface area (TPSA) is 92.8 Å². The van der Waals surface area contributed by atoms with E-state index in [0.29, 0.717) is 30.0 Å². The summed E-state index contributed by atoms with van der Waals surface area (Å²) in [6.45, 7) is 0.371. The molecule has 0 aromatic heterocycles. The lowest BCUT2D eigenvalue weighted by atomic mass is 9.98. The van der Waals surface area contributed by atoms with Gasteiger partial charge in [-0.05, 0) is 48.7 Å². The van der Waals surface area contributed by atoms with Crippen molar-refractivity contribution in [2.24, 2.45) is 5.92 Å². The molecule has 2 aromatic rings. The van der Waals surface area contributed by atoms with Gasteiger partial charge in [-0.15, -0.1) is 0 Å². The number of halogens is 3. The highest BCUT2D eigenvalue weighted by Gasteiger charge is 2.32. The average Bonchev–Trinajstić information content (AvgIpc) is 2.77. The van der Waals surface area contributed by atoms with Crippen molar-refractivity contribution in [1.29, 1.82) is 0 Å². The van der Waals surface area contributed by atoms with E-state index in [0.717, 1.165) is 0 Å². The number of amides is 1. The van der Waals surface area contributed by atoms with Crippen molar-refractivity contribution in [2.75, 3.05) is 25.5 Å². The van der Waals surface area contributed by atoms with E-state index in [1.807, 2.05) is 0 Å². The van der Waals surface area contributed by atoms with Gasteiger partial charge in [0.1, 0.15) is 0 Å². The average molecular weight is 520 g/mol. The lowest BCUT2D eigenvalue weighted by Gasteiger charge is -2.31. The van der Waals surface area contributed by atoms with Gasteiger partial charge in [0, 0.05) is 13.1 Å². The fourth-order valence-corrected chi connectivity index (χ4v) is 5.52. The first-order chi connectivity index (χ1) is 15.1. The van der Waals surface area contributed by atoms with Crippen LogP contribution in [-0.4, -0.2) is 44.8 Å². The largest absolute Gasteiger partial charge is 0.465 e. The van der Waals surface area contributed by atoms with Crippen LogP contribution in [0.25, 0.3) is 0 Å². The van der Waals surface area contributed by atoms with Crippen LogP contribution in [0.5, 0.6) is 0 Å². The molecule has 2 aromatic carbocycles. The lowest BCUT2D eigenvalue weighted by Crippen LogP contribution is -2.44. The summed E-state index contributed by atoms with van der Waals surface area (Å²) in [4.78, 5) is 24.6. The molecule has 11 heteroatoms. The van der Waals surface area contributed by atoms with Crippen molar-refractivity contribution in [1.82, 2.24) is 4.31 Å². The number of piperidine rings is 1. The number of methoxy groups -OCH3 is 1. The van der Waals surface area contributed by atoms with Crippen molar-refractivity contribution in [3.8, 4) is 0 Å². The van der Waals surface area contributed by atoms with Crippen LogP contribution in [0.3, 0.4) is 0 Å². The van der Waals surface area contributed by atoms with Gasteiger partial charge in [0.25, 0.3) is 0 Å². The Bertz CT molecular complexity index is 1140. The fourth-order valence-electron chi connectivity index (χ4n) is 3.44. The van der Waals surface area contributed by atoms with Crippen molar-refractivity contribution < 1.29 is 22.7 Å². The Balaban J connectivity index is 1.70. The van der Waals surface area contributed by atoms with Crippen LogP contribution < -0.4 is 5.32 Å². The quantitative estimate of drug-likeness (QED) is 0.563. The molecule has 0 saturated carbocycles. The normalized spacial score (nSPS) is 17.1. The Kier molecular flexibility index (Phi) is 8.06. The summed E-state index contributed by atoms with van der Waals surface area (Å²) in [5.74, 6) is -1.74. The summed E-state index contributed by atoms with van der Waals surface area (Å²) in [5.41, 5.74) is 1.01. The van der Waals surface area contributed by atoms with Gasteiger partial charge < -0.3 is 10.1 Å². The number of hydrogen-bond donors (Lipinski definition) is 1. The standard InChI is InChI=1S/C21H21Cl3N2O5S/c1-31-21(28)14-5-7-17(23)19(10-14)25-20(27)15-3-2-8-26(11-15)32(29,30)12-13-4-6-16(22)18(24)9-13/h4-7,9-10,15H,2-3,8,11-12H2,1H3,(H,25,27). The van der Waals surface area contributed by atoms with Crippen LogP contribution in [0, 0.1) is 5.92 Å². The molecule has 0 aliphatic carbocycles. The van der Waals surface area contributed by atoms with Gasteiger partial charge in [-0.25, -0.2) is 17.5 Å². The minimum atomic E-state index is -3.67. The summed E-state index contributed by atoms with van der Waals surface area (Å²) in [6.07, 6.45) is 1.06. The zero-order valence-electron chi connectivity index (χ0n) is 17.1. The molecule has 0 radical (unpaired) electrons. The molecule has 0 spiro atoms. The third kappa shape index (κ3) is 5.94. The second-order valence-electron chi connectivity index (χ2n) is 7.38. The van der Waals surface area contributed by atoms with E-state index in [-0.39, 0.29) is 39.5 Å². The number of nitrogens with zero attached hydrogens (tertiary/aromatic N) is 1. The number of hydrogen-bond acceptors (Lipinski definition) is 5. The second kappa shape index (κ2) is 10.4. The SMILES string of the molecule is COC(=O)c1ccc(Cl)c(NC(=O)C2CCCN(S(=O)(=O)Cc3ccc(Cl)c(Cl)c3)C2)c1. The third-order valence-electron chi connectivity index (χ3n) is 5.13. The van der Waals surface area contributed by atoms with E-state index in [1.165, 1.54) is 35.7 Å². The number of nitrogens with one attached hydrogen (secondary N) is 1. The molecule has 1 unspecified atom stereocenters. The summed E-state index contributed by atoms with van der Waals surface area (Å²) in [6, 6.07) is 9.07. The van der Waals surface area contributed by atoms with Crippen LogP contribution in [0.2, 0.25) is 15.1 Å². The van der Waals surface area contributed by atoms with Crippen LogP contribution in [-0.2, 0) is 25.3 Å². The number of ether oxygens (including phenoxy) is 1. The molecule has 1 heterocycles. The molecule has 3 rings (SSSR count). The molecule has 1 amide bonds. The number of anilines is 1. The number of sulfonamides is 1. The first kappa shape index (κ1) is 24.8. The Morgan fingerprint density at radius 2 is 1.81 bits per heavy atom. The number of carbonyl (C=O) groups is 2. The minimum absolute atomic E-state index is 0.0454. The van der Waals surface area contributed by atoms with Gasteiger partial charge in [0.15, 0.2) is 0 Å². The monoisotopic (exact) mass is 518 g/mol. The molecule has 1 N–H and O–H groups in total. The molecule has 1 fully saturated rings. The minimum Gasteiger partial charge on any atom is -0.465 e. The summed E-state index contributed by atoms with van der Waals surface area (Å²) in [5, 5.41) is 3.58. The van der Waals surface area contributed by atoms with E-state index in [1.54, 1.807) is 12.1 Å². The van der Waals surface area contributed by atoms with Crippen molar-refractivity contribution in [2.45, 2.75) is 18.6 Å². The predicted octanol–water partition coefficient (Wildman–Crippen LogP) is 4.61. The van der Waals surface area contributed by atoms with Crippen LogP contribution in [0.4, 0.5) is 5.69 Å². The Labute approximate surface area is 201 Å². The van der Waals surface area contributed by atoms with Gasteiger partial charge in [-0.3, -0.25) is 4.79 Å². The van der Waals surface area contributed by atoms with Gasteiger partial charge in [-0.2, -0.15) is 0 Å². The molecule has 1 atom stereocenters. The van der Waals surface area contributed by atoms with Crippen molar-refractivity contribution in [3.05, 3.63) is 62.6 Å². The Morgan fingerprint density at radius 3 is 2.50 bits per heavy atom. The third-order valence-corrected chi connectivity index (χ3v) is 8.01. The van der Waals surface area contributed by atoms with E-state index in [9.17, 15) is 18.0 Å². The van der Waals surface area contributed by atoms with Crippen molar-refractivity contribution in [3.63, 3.8) is 0 Å². The number of carbonyl (C=O) groups excluding carboxylic acids is 2. The highest BCUT2D eigenvalue weighted by atomic mass is 35.5. The van der Waals surface area contributed by atoms with Crippen LogP contribution in [0.15, 0.2) is 36.4 Å². The van der Waals surface area contributed by atoms with Crippen LogP contribution >= 0.6 is 34.8 Å². The van der Waals surface area contributed by atoms with Gasteiger partial charge in [-0.1, -0.05) is 40.9 Å². The van der Waals surface area contributed by atoms with E-state index in [4.69, 9.17) is 34.8 Å². The maximum absolute atomic E-state index is 12.9. The zero-order chi connectivity index (χ0) is 23.5. The van der Waals surface area contributed by atoms with E-state index < -0.39 is 21.9 Å². The molecular weight excluding hydrogens is 499 g/mol. The maximum Gasteiger partial charge on any atom is 0.337 e. The fraction of sp³-hybridized carbons (Fsp3) is 0.333. The summed E-state index contributed by atoms with van der Waals surface area (Å²) in [7, 11) is -2.42. The first-order valence-electron chi connectivity index (χ1n) is 9.71. The van der Waals surface area contributed by atoms with Crippen LogP contribution in [0.1, 0.15) is 28.8 Å².